The molecule has 2 aromatic carbocycles. The van der Waals surface area contributed by atoms with Gasteiger partial charge in [0.1, 0.15) is 11.8 Å². The number of anilines is 1. The Bertz CT molecular complexity index is 1190. The molecule has 0 aliphatic rings. The molecule has 26 heavy (non-hydrogen) atoms. The number of halogens is 1. The van der Waals surface area contributed by atoms with E-state index in [-0.39, 0.29) is 4.90 Å². The predicted molar refractivity (Wildman–Crippen MR) is 101 cm³/mol. The van der Waals surface area contributed by atoms with E-state index in [1.54, 1.807) is 59.6 Å². The zero-order chi connectivity index (χ0) is 18.1. The number of fused-ring (bicyclic) bond motifs is 1. The highest BCUT2D eigenvalue weighted by molar-refractivity contribution is 7.92. The Balaban J connectivity index is 1.84. The number of nitrogens with one attached hydrogen (secondary N) is 1. The summed E-state index contributed by atoms with van der Waals surface area (Å²) in [5.74, 6) is 0. The average molecular weight is 385 g/mol. The van der Waals surface area contributed by atoms with Gasteiger partial charge in [-0.3, -0.25) is 9.29 Å². The monoisotopic (exact) mass is 384 g/mol. The minimum atomic E-state index is -3.74. The minimum absolute atomic E-state index is 0.175. The van der Waals surface area contributed by atoms with Crippen LogP contribution >= 0.6 is 11.6 Å². The predicted octanol–water partition coefficient (Wildman–Crippen LogP) is 3.87. The molecule has 2 aromatic heterocycles. The maximum atomic E-state index is 12.7. The highest BCUT2D eigenvalue weighted by atomic mass is 35.5. The molecule has 0 radical (unpaired) electrons. The van der Waals surface area contributed by atoms with Crippen LogP contribution < -0.4 is 4.72 Å². The molecule has 0 bridgehead atoms. The van der Waals surface area contributed by atoms with E-state index >= 15 is 0 Å². The van der Waals surface area contributed by atoms with Crippen LogP contribution in [0.4, 0.5) is 5.69 Å². The summed E-state index contributed by atoms with van der Waals surface area (Å²) in [7, 11) is -3.74. The van der Waals surface area contributed by atoms with Gasteiger partial charge in [0.2, 0.25) is 0 Å². The molecule has 0 unspecified atom stereocenters. The van der Waals surface area contributed by atoms with Gasteiger partial charge in [-0.1, -0.05) is 29.8 Å². The molecule has 0 aliphatic carbocycles. The second kappa shape index (κ2) is 6.44. The van der Waals surface area contributed by atoms with Crippen LogP contribution in [0.5, 0.6) is 0 Å². The Morgan fingerprint density at radius 2 is 1.77 bits per heavy atom. The van der Waals surface area contributed by atoms with Crippen LogP contribution in [0.1, 0.15) is 0 Å². The maximum absolute atomic E-state index is 12.7. The number of pyridine rings is 1. The van der Waals surface area contributed by atoms with Gasteiger partial charge in [-0.05, 0) is 42.5 Å². The SMILES string of the molecule is O=S(=O)(Nc1ccc(Cl)cc1-n1cnc2cccnc21)c1ccccc1. The molecule has 0 spiro atoms. The van der Waals surface area contributed by atoms with Crippen LogP contribution in [-0.2, 0) is 10.0 Å². The lowest BCUT2D eigenvalue weighted by atomic mass is 10.2. The first kappa shape index (κ1) is 16.6. The number of aromatic nitrogens is 3. The Kier molecular flexibility index (Phi) is 4.10. The average Bonchev–Trinajstić information content (AvgIpc) is 3.08. The molecule has 2 heterocycles. The summed E-state index contributed by atoms with van der Waals surface area (Å²) in [6, 6.07) is 16.7. The molecular formula is C18H13ClN4O2S. The van der Waals surface area contributed by atoms with Crippen molar-refractivity contribution < 1.29 is 8.42 Å². The Hall–Kier alpha value is -2.90. The van der Waals surface area contributed by atoms with Crippen molar-refractivity contribution in [2.24, 2.45) is 0 Å². The van der Waals surface area contributed by atoms with Crippen LogP contribution in [0.2, 0.25) is 5.02 Å². The quantitative estimate of drug-likeness (QED) is 0.579. The summed E-state index contributed by atoms with van der Waals surface area (Å²) >= 11 is 6.14. The standard InChI is InChI=1S/C18H13ClN4O2S/c19-13-8-9-15(22-26(24,25)14-5-2-1-3-6-14)17(11-13)23-12-21-16-7-4-10-20-18(16)23/h1-12,22H. The van der Waals surface area contributed by atoms with Gasteiger partial charge in [0.25, 0.3) is 10.0 Å². The first-order valence-electron chi connectivity index (χ1n) is 7.70. The van der Waals surface area contributed by atoms with E-state index in [4.69, 9.17) is 11.6 Å². The molecule has 6 nitrogen and oxygen atoms in total. The van der Waals surface area contributed by atoms with Crippen molar-refractivity contribution in [2.45, 2.75) is 4.90 Å². The van der Waals surface area contributed by atoms with Gasteiger partial charge in [-0.15, -0.1) is 0 Å². The highest BCUT2D eigenvalue weighted by Gasteiger charge is 2.18. The van der Waals surface area contributed by atoms with Crippen molar-refractivity contribution in [3.63, 3.8) is 0 Å². The van der Waals surface area contributed by atoms with Gasteiger partial charge in [-0.25, -0.2) is 18.4 Å². The fourth-order valence-corrected chi connectivity index (χ4v) is 3.88. The van der Waals surface area contributed by atoms with E-state index in [0.717, 1.165) is 0 Å². The molecule has 0 saturated carbocycles. The van der Waals surface area contributed by atoms with Crippen LogP contribution in [0.15, 0.2) is 78.1 Å². The van der Waals surface area contributed by atoms with Gasteiger partial charge in [0.15, 0.2) is 5.65 Å². The molecule has 0 atom stereocenters. The number of imidazole rings is 1. The van der Waals surface area contributed by atoms with Crippen LogP contribution in [-0.4, -0.2) is 23.0 Å². The molecule has 0 aliphatic heterocycles. The molecule has 130 valence electrons. The van der Waals surface area contributed by atoms with Gasteiger partial charge < -0.3 is 0 Å². The molecule has 8 heteroatoms. The molecule has 1 N–H and O–H groups in total. The summed E-state index contributed by atoms with van der Waals surface area (Å²) in [5, 5.41) is 0.473. The second-order valence-corrected chi connectivity index (χ2v) is 7.66. The van der Waals surface area contributed by atoms with E-state index in [9.17, 15) is 8.42 Å². The van der Waals surface area contributed by atoms with Crippen molar-refractivity contribution in [2.75, 3.05) is 4.72 Å². The number of nitrogens with zero attached hydrogens (tertiary/aromatic N) is 3. The van der Waals surface area contributed by atoms with Crippen molar-refractivity contribution in [1.29, 1.82) is 0 Å². The van der Waals surface area contributed by atoms with Gasteiger partial charge in [0, 0.05) is 11.2 Å². The third kappa shape index (κ3) is 3.02. The number of sulfonamides is 1. The lowest BCUT2D eigenvalue weighted by Gasteiger charge is -2.14. The first-order chi connectivity index (χ1) is 12.5. The smallest absolute Gasteiger partial charge is 0.261 e. The van der Waals surface area contributed by atoms with Crippen molar-refractivity contribution >= 4 is 38.5 Å². The zero-order valence-electron chi connectivity index (χ0n) is 13.4. The summed E-state index contributed by atoms with van der Waals surface area (Å²) in [6.45, 7) is 0. The maximum Gasteiger partial charge on any atom is 0.261 e. The number of hydrogen-bond acceptors (Lipinski definition) is 4. The molecule has 0 saturated heterocycles. The fourth-order valence-electron chi connectivity index (χ4n) is 2.62. The summed E-state index contributed by atoms with van der Waals surface area (Å²) in [6.07, 6.45) is 3.24. The number of benzene rings is 2. The lowest BCUT2D eigenvalue weighted by molar-refractivity contribution is 0.601. The van der Waals surface area contributed by atoms with Crippen molar-refractivity contribution in [3.8, 4) is 5.69 Å². The third-order valence-electron chi connectivity index (χ3n) is 3.82. The third-order valence-corrected chi connectivity index (χ3v) is 5.44. The normalized spacial score (nSPS) is 11.6. The van der Waals surface area contributed by atoms with E-state index in [2.05, 4.69) is 14.7 Å². The van der Waals surface area contributed by atoms with Gasteiger partial charge in [-0.2, -0.15) is 0 Å². The van der Waals surface area contributed by atoms with Crippen molar-refractivity contribution in [3.05, 3.63) is 78.2 Å². The van der Waals surface area contributed by atoms with E-state index in [0.29, 0.717) is 27.6 Å². The minimum Gasteiger partial charge on any atom is -0.281 e. The fraction of sp³-hybridized carbons (Fsp3) is 0. The number of hydrogen-bond donors (Lipinski definition) is 1. The Labute approximate surface area is 155 Å². The van der Waals surface area contributed by atoms with E-state index in [1.807, 2.05) is 6.07 Å². The number of rotatable bonds is 4. The summed E-state index contributed by atoms with van der Waals surface area (Å²) in [5.41, 5.74) is 2.22. The summed E-state index contributed by atoms with van der Waals surface area (Å²) in [4.78, 5) is 8.80. The van der Waals surface area contributed by atoms with E-state index < -0.39 is 10.0 Å². The molecule has 0 fully saturated rings. The lowest BCUT2D eigenvalue weighted by Crippen LogP contribution is -2.14. The first-order valence-corrected chi connectivity index (χ1v) is 9.56. The molecule has 0 amide bonds. The second-order valence-electron chi connectivity index (χ2n) is 5.54. The topological polar surface area (TPSA) is 76.9 Å². The Morgan fingerprint density at radius 1 is 0.962 bits per heavy atom. The highest BCUT2D eigenvalue weighted by Crippen LogP contribution is 2.28. The van der Waals surface area contributed by atoms with E-state index in [1.165, 1.54) is 12.1 Å². The largest absolute Gasteiger partial charge is 0.281 e. The summed E-state index contributed by atoms with van der Waals surface area (Å²) < 4.78 is 29.7. The van der Waals surface area contributed by atoms with Crippen LogP contribution in [0.25, 0.3) is 16.9 Å². The Morgan fingerprint density at radius 3 is 2.58 bits per heavy atom. The van der Waals surface area contributed by atoms with Gasteiger partial charge in [0.05, 0.1) is 16.3 Å². The van der Waals surface area contributed by atoms with Crippen LogP contribution in [0, 0.1) is 0 Å². The molecule has 4 rings (SSSR count). The molecular weight excluding hydrogens is 372 g/mol. The van der Waals surface area contributed by atoms with Gasteiger partial charge >= 0.3 is 0 Å². The molecule has 4 aromatic rings. The van der Waals surface area contributed by atoms with Crippen LogP contribution in [0.3, 0.4) is 0 Å². The van der Waals surface area contributed by atoms with Crippen molar-refractivity contribution in [1.82, 2.24) is 14.5 Å². The zero-order valence-corrected chi connectivity index (χ0v) is 14.9.